The van der Waals surface area contributed by atoms with Gasteiger partial charge in [0.25, 0.3) is 0 Å². The number of carboxylic acids is 1. The molecule has 0 aliphatic carbocycles. The molecule has 1 unspecified atom stereocenters. The monoisotopic (exact) mass is 185 g/mol. The van der Waals surface area contributed by atoms with E-state index in [-0.39, 0.29) is 12.8 Å². The summed E-state index contributed by atoms with van der Waals surface area (Å²) >= 11 is 0. The molecule has 5 nitrogen and oxygen atoms in total. The normalized spacial score (nSPS) is 13.9. The van der Waals surface area contributed by atoms with Crippen molar-refractivity contribution in [2.45, 2.75) is 19.8 Å². The van der Waals surface area contributed by atoms with Crippen molar-refractivity contribution in [3.63, 3.8) is 0 Å². The van der Waals surface area contributed by atoms with Gasteiger partial charge in [-0.2, -0.15) is 5.26 Å². The van der Waals surface area contributed by atoms with E-state index in [4.69, 9.17) is 10.4 Å². The van der Waals surface area contributed by atoms with E-state index in [2.05, 4.69) is 4.74 Å². The molecule has 0 heterocycles. The topological polar surface area (TPSA) is 87.4 Å². The van der Waals surface area contributed by atoms with Gasteiger partial charge in [-0.25, -0.2) is 0 Å². The Morgan fingerprint density at radius 2 is 2.15 bits per heavy atom. The van der Waals surface area contributed by atoms with E-state index in [0.29, 0.717) is 0 Å². The van der Waals surface area contributed by atoms with E-state index in [1.54, 1.807) is 6.07 Å². The van der Waals surface area contributed by atoms with Crippen molar-refractivity contribution in [1.29, 1.82) is 5.26 Å². The Kier molecular flexibility index (Phi) is 3.92. The maximum Gasteiger partial charge on any atom is 0.322 e. The van der Waals surface area contributed by atoms with Crippen LogP contribution in [-0.4, -0.2) is 24.2 Å². The van der Waals surface area contributed by atoms with E-state index in [1.807, 2.05) is 0 Å². The average molecular weight is 185 g/mol. The number of nitrogens with zero attached hydrogens (tertiary/aromatic N) is 1. The van der Waals surface area contributed by atoms with Gasteiger partial charge < -0.3 is 9.84 Å². The van der Waals surface area contributed by atoms with Gasteiger partial charge >= 0.3 is 11.9 Å². The largest absolute Gasteiger partial charge is 0.480 e. The summed E-state index contributed by atoms with van der Waals surface area (Å²) in [6, 6.07) is 1.79. The summed E-state index contributed by atoms with van der Waals surface area (Å²) in [5.41, 5.74) is -1.61. The number of aliphatic carboxylic acids is 1. The van der Waals surface area contributed by atoms with Gasteiger partial charge in [0, 0.05) is 6.42 Å². The number of hydrogen-bond acceptors (Lipinski definition) is 4. The molecule has 0 aliphatic rings. The molecule has 0 radical (unpaired) electrons. The Morgan fingerprint density at radius 1 is 1.62 bits per heavy atom. The molecular formula is C8H11NO4. The van der Waals surface area contributed by atoms with Crippen molar-refractivity contribution < 1.29 is 19.4 Å². The number of carbonyl (C=O) groups excluding carboxylic acids is 1. The quantitative estimate of drug-likeness (QED) is 0.510. The number of esters is 1. The molecule has 0 aromatic carbocycles. The lowest BCUT2D eigenvalue weighted by molar-refractivity contribution is -0.166. The molecule has 5 heteroatoms. The van der Waals surface area contributed by atoms with Crippen LogP contribution < -0.4 is 0 Å². The van der Waals surface area contributed by atoms with Gasteiger partial charge in [-0.05, 0) is 13.3 Å². The highest BCUT2D eigenvalue weighted by Gasteiger charge is 2.41. The van der Waals surface area contributed by atoms with Gasteiger partial charge in [-0.1, -0.05) is 0 Å². The third-order valence-corrected chi connectivity index (χ3v) is 1.84. The van der Waals surface area contributed by atoms with Crippen LogP contribution in [0.15, 0.2) is 0 Å². The van der Waals surface area contributed by atoms with Crippen molar-refractivity contribution in [1.82, 2.24) is 0 Å². The Morgan fingerprint density at radius 3 is 2.46 bits per heavy atom. The summed E-state index contributed by atoms with van der Waals surface area (Å²) in [5, 5.41) is 17.0. The zero-order chi connectivity index (χ0) is 10.5. The molecule has 0 saturated carbocycles. The molecule has 0 aromatic rings. The van der Waals surface area contributed by atoms with Crippen molar-refractivity contribution in [2.24, 2.45) is 5.41 Å². The van der Waals surface area contributed by atoms with Gasteiger partial charge in [-0.3, -0.25) is 9.59 Å². The molecule has 72 valence electrons. The molecule has 0 saturated heterocycles. The van der Waals surface area contributed by atoms with Crippen molar-refractivity contribution in [2.75, 3.05) is 7.11 Å². The lowest BCUT2D eigenvalue weighted by Crippen LogP contribution is -2.37. The van der Waals surface area contributed by atoms with E-state index >= 15 is 0 Å². The summed E-state index contributed by atoms with van der Waals surface area (Å²) in [7, 11) is 1.12. The Hall–Kier alpha value is -1.57. The number of methoxy groups -OCH3 is 1. The first-order valence-electron chi connectivity index (χ1n) is 3.67. The van der Waals surface area contributed by atoms with Crippen LogP contribution in [-0.2, 0) is 14.3 Å². The molecule has 13 heavy (non-hydrogen) atoms. The fourth-order valence-electron chi connectivity index (χ4n) is 0.827. The van der Waals surface area contributed by atoms with Gasteiger partial charge in [0.1, 0.15) is 0 Å². The van der Waals surface area contributed by atoms with Crippen LogP contribution in [0.1, 0.15) is 19.8 Å². The zero-order valence-corrected chi connectivity index (χ0v) is 7.53. The predicted molar refractivity (Wildman–Crippen MR) is 42.6 cm³/mol. The highest BCUT2D eigenvalue weighted by atomic mass is 16.5. The number of ether oxygens (including phenoxy) is 1. The van der Waals surface area contributed by atoms with Crippen LogP contribution in [0, 0.1) is 16.7 Å². The van der Waals surface area contributed by atoms with Crippen molar-refractivity contribution in [3.05, 3.63) is 0 Å². The van der Waals surface area contributed by atoms with E-state index in [1.165, 1.54) is 6.92 Å². The summed E-state index contributed by atoms with van der Waals surface area (Å²) in [6.07, 6.45) is -0.0244. The molecule has 0 aliphatic heterocycles. The molecule has 0 amide bonds. The molecule has 1 atom stereocenters. The second-order valence-electron chi connectivity index (χ2n) is 2.79. The fraction of sp³-hybridized carbons (Fsp3) is 0.625. The molecule has 0 fully saturated rings. The highest BCUT2D eigenvalue weighted by molar-refractivity contribution is 5.98. The second-order valence-corrected chi connectivity index (χ2v) is 2.79. The van der Waals surface area contributed by atoms with Crippen molar-refractivity contribution >= 4 is 11.9 Å². The van der Waals surface area contributed by atoms with Gasteiger partial charge in [-0.15, -0.1) is 0 Å². The van der Waals surface area contributed by atoms with Gasteiger partial charge in [0.2, 0.25) is 0 Å². The van der Waals surface area contributed by atoms with Gasteiger partial charge in [0.05, 0.1) is 13.2 Å². The minimum atomic E-state index is -1.61. The first kappa shape index (κ1) is 11.4. The molecule has 0 spiro atoms. The fourth-order valence-corrected chi connectivity index (χ4v) is 0.827. The summed E-state index contributed by atoms with van der Waals surface area (Å²) in [4.78, 5) is 21.8. The first-order valence-corrected chi connectivity index (χ1v) is 3.67. The van der Waals surface area contributed by atoms with Crippen LogP contribution in [0.2, 0.25) is 0 Å². The standard InChI is InChI=1S/C8H11NO4/c1-8(6(10)11,4-3-5-9)7(12)13-2/h3-4H2,1-2H3,(H,10,11). The minimum absolute atomic E-state index is 0.0118. The SMILES string of the molecule is COC(=O)C(C)(CCC#N)C(=O)O. The molecule has 0 bridgehead atoms. The Labute approximate surface area is 75.9 Å². The van der Waals surface area contributed by atoms with Crippen LogP contribution in [0.5, 0.6) is 0 Å². The molecule has 1 N–H and O–H groups in total. The number of carboxylic acid groups (broad SMARTS) is 1. The predicted octanol–water partition coefficient (Wildman–Crippen LogP) is 0.554. The maximum absolute atomic E-state index is 11.1. The third kappa shape index (κ3) is 2.44. The third-order valence-electron chi connectivity index (χ3n) is 1.84. The van der Waals surface area contributed by atoms with E-state index < -0.39 is 17.4 Å². The van der Waals surface area contributed by atoms with Crippen LogP contribution in [0.25, 0.3) is 0 Å². The number of carbonyl (C=O) groups is 2. The number of hydrogen-bond donors (Lipinski definition) is 1. The van der Waals surface area contributed by atoms with Gasteiger partial charge in [0.15, 0.2) is 5.41 Å². The summed E-state index contributed by atoms with van der Waals surface area (Å²) < 4.78 is 4.34. The smallest absolute Gasteiger partial charge is 0.322 e. The van der Waals surface area contributed by atoms with E-state index in [0.717, 1.165) is 7.11 Å². The summed E-state index contributed by atoms with van der Waals surface area (Å²) in [5.74, 6) is -2.09. The lowest BCUT2D eigenvalue weighted by atomic mass is 9.86. The maximum atomic E-state index is 11.1. The second kappa shape index (κ2) is 4.45. The first-order chi connectivity index (χ1) is 5.99. The lowest BCUT2D eigenvalue weighted by Gasteiger charge is -2.19. The van der Waals surface area contributed by atoms with Crippen LogP contribution in [0.4, 0.5) is 0 Å². The van der Waals surface area contributed by atoms with Crippen LogP contribution >= 0.6 is 0 Å². The Bertz CT molecular complexity index is 255. The molecular weight excluding hydrogens is 174 g/mol. The zero-order valence-electron chi connectivity index (χ0n) is 7.53. The van der Waals surface area contributed by atoms with E-state index in [9.17, 15) is 9.59 Å². The number of rotatable bonds is 4. The number of nitriles is 1. The molecule has 0 aromatic heterocycles. The van der Waals surface area contributed by atoms with Crippen LogP contribution in [0.3, 0.4) is 0 Å². The minimum Gasteiger partial charge on any atom is -0.480 e. The molecule has 0 rings (SSSR count). The summed E-state index contributed by atoms with van der Waals surface area (Å²) in [6.45, 7) is 1.25. The highest BCUT2D eigenvalue weighted by Crippen LogP contribution is 2.24. The van der Waals surface area contributed by atoms with Crippen molar-refractivity contribution in [3.8, 4) is 6.07 Å². The average Bonchev–Trinajstić information content (AvgIpc) is 2.12. The Balaban J connectivity index is 4.64.